The molecule has 1 N–H and O–H groups in total. The van der Waals surface area contributed by atoms with Crippen molar-refractivity contribution in [1.29, 1.82) is 0 Å². The molecule has 1 fully saturated rings. The number of sulfonamides is 1. The van der Waals surface area contributed by atoms with E-state index in [-0.39, 0.29) is 16.7 Å². The Bertz CT molecular complexity index is 969. The van der Waals surface area contributed by atoms with Crippen molar-refractivity contribution in [2.24, 2.45) is 5.92 Å². The summed E-state index contributed by atoms with van der Waals surface area (Å²) in [5, 5.41) is 6.80. The smallest absolute Gasteiger partial charge is 0.243 e. The average Bonchev–Trinajstić information content (AvgIpc) is 3.47. The Morgan fingerprint density at radius 1 is 1.21 bits per heavy atom. The molecule has 1 aliphatic carbocycles. The third-order valence-corrected chi connectivity index (χ3v) is 6.80. The molecule has 1 aliphatic rings. The Kier molecular flexibility index (Phi) is 6.00. The highest BCUT2D eigenvalue weighted by molar-refractivity contribution is 7.89. The molecular formula is C20H25N3O4S. The lowest BCUT2D eigenvalue weighted by molar-refractivity contribution is -0.117. The first kappa shape index (κ1) is 20.3. The van der Waals surface area contributed by atoms with E-state index in [0.717, 1.165) is 18.4 Å². The molecule has 1 aromatic carbocycles. The Hall–Kier alpha value is -2.45. The van der Waals surface area contributed by atoms with Gasteiger partial charge in [-0.25, -0.2) is 8.42 Å². The second-order valence-corrected chi connectivity index (χ2v) is 8.70. The van der Waals surface area contributed by atoms with Crippen LogP contribution in [-0.2, 0) is 14.8 Å². The summed E-state index contributed by atoms with van der Waals surface area (Å²) in [4.78, 5) is 12.3. The molecule has 150 valence electrons. The van der Waals surface area contributed by atoms with Crippen LogP contribution in [0.25, 0.3) is 12.2 Å². The molecule has 0 aliphatic heterocycles. The van der Waals surface area contributed by atoms with Crippen LogP contribution in [0.1, 0.15) is 43.7 Å². The highest BCUT2D eigenvalue weighted by Crippen LogP contribution is 2.32. The molecule has 0 bridgehead atoms. The van der Waals surface area contributed by atoms with Crippen LogP contribution in [0, 0.1) is 12.8 Å². The lowest BCUT2D eigenvalue weighted by atomic mass is 10.2. The molecule has 1 amide bonds. The summed E-state index contributed by atoms with van der Waals surface area (Å²) in [7, 11) is -3.47. The number of anilines is 1. The topological polar surface area (TPSA) is 92.5 Å². The van der Waals surface area contributed by atoms with Crippen molar-refractivity contribution in [3.63, 3.8) is 0 Å². The molecule has 0 saturated heterocycles. The summed E-state index contributed by atoms with van der Waals surface area (Å²) in [6, 6.07) is 6.65. The van der Waals surface area contributed by atoms with E-state index in [0.29, 0.717) is 30.2 Å². The monoisotopic (exact) mass is 403 g/mol. The fourth-order valence-corrected chi connectivity index (χ4v) is 4.32. The van der Waals surface area contributed by atoms with E-state index in [1.807, 2.05) is 13.8 Å². The van der Waals surface area contributed by atoms with Crippen LogP contribution >= 0.6 is 0 Å². The number of nitrogens with one attached hydrogen (secondary N) is 1. The van der Waals surface area contributed by atoms with Gasteiger partial charge in [0.2, 0.25) is 15.9 Å². The first-order chi connectivity index (χ1) is 13.4. The van der Waals surface area contributed by atoms with E-state index in [9.17, 15) is 13.2 Å². The second kappa shape index (κ2) is 8.28. The number of amides is 1. The van der Waals surface area contributed by atoms with Crippen LogP contribution < -0.4 is 5.32 Å². The molecule has 1 saturated carbocycles. The van der Waals surface area contributed by atoms with Gasteiger partial charge >= 0.3 is 0 Å². The maximum absolute atomic E-state index is 12.5. The molecule has 0 radical (unpaired) electrons. The number of benzene rings is 1. The Morgan fingerprint density at radius 2 is 1.86 bits per heavy atom. The number of hydrogen-bond donors (Lipinski definition) is 1. The number of rotatable bonds is 8. The zero-order valence-electron chi connectivity index (χ0n) is 16.3. The van der Waals surface area contributed by atoms with Gasteiger partial charge in [0.05, 0.1) is 4.90 Å². The van der Waals surface area contributed by atoms with Gasteiger partial charge in [-0.05, 0) is 43.5 Å². The first-order valence-electron chi connectivity index (χ1n) is 9.42. The predicted octanol–water partition coefficient (Wildman–Crippen LogP) is 3.53. The third-order valence-electron chi connectivity index (χ3n) is 4.74. The van der Waals surface area contributed by atoms with Gasteiger partial charge < -0.3 is 9.84 Å². The van der Waals surface area contributed by atoms with Gasteiger partial charge in [0, 0.05) is 19.0 Å². The van der Waals surface area contributed by atoms with Crippen LogP contribution in [0.15, 0.2) is 33.7 Å². The minimum atomic E-state index is -3.47. The molecule has 2 aromatic rings. The highest BCUT2D eigenvalue weighted by atomic mass is 32.2. The fourth-order valence-electron chi connectivity index (χ4n) is 2.86. The summed E-state index contributed by atoms with van der Waals surface area (Å²) in [6.07, 6.45) is 5.35. The van der Waals surface area contributed by atoms with Gasteiger partial charge in [-0.1, -0.05) is 37.2 Å². The molecule has 0 unspecified atom stereocenters. The van der Waals surface area contributed by atoms with Crippen molar-refractivity contribution < 1.29 is 17.7 Å². The number of aromatic nitrogens is 1. The Balaban J connectivity index is 1.76. The van der Waals surface area contributed by atoms with Crippen molar-refractivity contribution in [3.05, 3.63) is 41.3 Å². The van der Waals surface area contributed by atoms with Crippen LogP contribution in [0.2, 0.25) is 0 Å². The lowest BCUT2D eigenvalue weighted by Gasteiger charge is -2.18. The number of carbonyl (C=O) groups is 1. The predicted molar refractivity (Wildman–Crippen MR) is 108 cm³/mol. The summed E-state index contributed by atoms with van der Waals surface area (Å²) in [5.41, 5.74) is 2.01. The maximum atomic E-state index is 12.5. The van der Waals surface area contributed by atoms with E-state index in [1.165, 1.54) is 4.31 Å². The number of carbonyl (C=O) groups excluding carboxylic acids is 1. The quantitative estimate of drug-likeness (QED) is 0.728. The van der Waals surface area contributed by atoms with Gasteiger partial charge in [0.25, 0.3) is 0 Å². The Morgan fingerprint density at radius 3 is 2.43 bits per heavy atom. The summed E-state index contributed by atoms with van der Waals surface area (Å²) in [6.45, 7) is 6.27. The molecule has 3 rings (SSSR count). The van der Waals surface area contributed by atoms with Gasteiger partial charge in [0.15, 0.2) is 5.76 Å². The number of aryl methyl sites for hydroxylation is 1. The summed E-state index contributed by atoms with van der Waals surface area (Å²) >= 11 is 0. The van der Waals surface area contributed by atoms with Gasteiger partial charge in [-0.15, -0.1) is 0 Å². The van der Waals surface area contributed by atoms with Gasteiger partial charge in [0.1, 0.15) is 11.4 Å². The third kappa shape index (κ3) is 4.34. The van der Waals surface area contributed by atoms with E-state index in [4.69, 9.17) is 4.52 Å². The van der Waals surface area contributed by atoms with Crippen molar-refractivity contribution >= 4 is 33.8 Å². The minimum Gasteiger partial charge on any atom is -0.354 e. The van der Waals surface area contributed by atoms with Gasteiger partial charge in [-0.3, -0.25) is 4.79 Å². The van der Waals surface area contributed by atoms with E-state index in [1.54, 1.807) is 43.3 Å². The van der Waals surface area contributed by atoms with Crippen molar-refractivity contribution in [3.8, 4) is 0 Å². The first-order valence-corrected chi connectivity index (χ1v) is 10.9. The molecule has 8 heteroatoms. The molecule has 28 heavy (non-hydrogen) atoms. The Labute approximate surface area is 165 Å². The van der Waals surface area contributed by atoms with Crippen molar-refractivity contribution in [1.82, 2.24) is 9.46 Å². The molecule has 1 aromatic heterocycles. The number of hydrogen-bond acceptors (Lipinski definition) is 5. The van der Waals surface area contributed by atoms with Crippen LogP contribution in [0.5, 0.6) is 0 Å². The van der Waals surface area contributed by atoms with Crippen molar-refractivity contribution in [2.75, 3.05) is 18.4 Å². The molecule has 1 heterocycles. The minimum absolute atomic E-state index is 0.00749. The zero-order valence-corrected chi connectivity index (χ0v) is 17.1. The second-order valence-electron chi connectivity index (χ2n) is 6.76. The highest BCUT2D eigenvalue weighted by Gasteiger charge is 2.30. The van der Waals surface area contributed by atoms with E-state index >= 15 is 0 Å². The van der Waals surface area contributed by atoms with E-state index in [2.05, 4.69) is 10.5 Å². The van der Waals surface area contributed by atoms with Gasteiger partial charge in [-0.2, -0.15) is 4.31 Å². The van der Waals surface area contributed by atoms with Crippen molar-refractivity contribution in [2.45, 2.75) is 38.5 Å². The molecule has 7 nitrogen and oxygen atoms in total. The van der Waals surface area contributed by atoms with Crippen LogP contribution in [0.3, 0.4) is 0 Å². The maximum Gasteiger partial charge on any atom is 0.243 e. The van der Waals surface area contributed by atoms with Crippen LogP contribution in [-0.4, -0.2) is 36.9 Å². The SMILES string of the molecule is CCN(CC)S(=O)(=O)c1ccc(C=Cc2onc(C)c2NC(=O)C2CC2)cc1. The molecular weight excluding hydrogens is 378 g/mol. The number of nitrogens with zero attached hydrogens (tertiary/aromatic N) is 2. The summed E-state index contributed by atoms with van der Waals surface area (Å²) in [5.74, 6) is 0.546. The molecule has 0 spiro atoms. The molecule has 0 atom stereocenters. The normalized spacial score (nSPS) is 14.7. The zero-order chi connectivity index (χ0) is 20.3. The summed E-state index contributed by atoms with van der Waals surface area (Å²) < 4.78 is 31.8. The largest absolute Gasteiger partial charge is 0.354 e. The van der Waals surface area contributed by atoms with Crippen LogP contribution in [0.4, 0.5) is 5.69 Å². The fraction of sp³-hybridized carbons (Fsp3) is 0.400. The average molecular weight is 404 g/mol. The van der Waals surface area contributed by atoms with E-state index < -0.39 is 10.0 Å². The lowest BCUT2D eigenvalue weighted by Crippen LogP contribution is -2.30. The standard InChI is InChI=1S/C20H25N3O4S/c1-4-23(5-2)28(25,26)17-11-6-15(7-12-17)8-13-18-19(14(3)22-27-18)21-20(24)16-9-10-16/h6-8,11-13,16H,4-5,9-10H2,1-3H3,(H,21,24).